The molecule has 2 aliphatic rings. The second-order valence-corrected chi connectivity index (χ2v) is 4.74. The minimum Gasteiger partial charge on any atom is -0.390 e. The summed E-state index contributed by atoms with van der Waals surface area (Å²) in [5.41, 5.74) is -0.410. The minimum atomic E-state index is -0.434. The molecule has 0 aromatic heterocycles. The van der Waals surface area contributed by atoms with Crippen molar-refractivity contribution in [2.75, 3.05) is 13.2 Å². The van der Waals surface area contributed by atoms with Gasteiger partial charge in [0.2, 0.25) is 0 Å². The Hall–Kier alpha value is -0.120. The first kappa shape index (κ1) is 10.4. The molecule has 0 spiro atoms. The van der Waals surface area contributed by atoms with Crippen LogP contribution in [0, 0.1) is 5.92 Å². The van der Waals surface area contributed by atoms with Gasteiger partial charge in [-0.2, -0.15) is 0 Å². The monoisotopic (exact) mass is 200 g/mol. The molecular weight excluding hydrogens is 180 g/mol. The Morgan fingerprint density at radius 1 is 1.29 bits per heavy atom. The standard InChI is InChI=1S/C11H20O3/c1-3-9-8-11(9,12)5-4-10(2)13-6-7-14-10/h9,12H,3-8H2,1-2H3/t9-,11-/m1/s1. The zero-order valence-corrected chi connectivity index (χ0v) is 9.08. The van der Waals surface area contributed by atoms with Gasteiger partial charge in [0.1, 0.15) is 0 Å². The van der Waals surface area contributed by atoms with Gasteiger partial charge < -0.3 is 14.6 Å². The number of aliphatic hydroxyl groups is 1. The third kappa shape index (κ3) is 1.95. The second-order valence-electron chi connectivity index (χ2n) is 4.74. The fourth-order valence-corrected chi connectivity index (χ4v) is 2.34. The molecule has 0 radical (unpaired) electrons. The van der Waals surface area contributed by atoms with Crippen molar-refractivity contribution in [1.29, 1.82) is 0 Å². The molecule has 3 nitrogen and oxygen atoms in total. The summed E-state index contributed by atoms with van der Waals surface area (Å²) >= 11 is 0. The van der Waals surface area contributed by atoms with Gasteiger partial charge >= 0.3 is 0 Å². The van der Waals surface area contributed by atoms with E-state index in [9.17, 15) is 5.11 Å². The summed E-state index contributed by atoms with van der Waals surface area (Å²) in [4.78, 5) is 0. The summed E-state index contributed by atoms with van der Waals surface area (Å²) in [5, 5.41) is 10.1. The Kier molecular flexibility index (Phi) is 2.58. The molecular formula is C11H20O3. The van der Waals surface area contributed by atoms with E-state index in [0.29, 0.717) is 19.1 Å². The second kappa shape index (κ2) is 3.47. The lowest BCUT2D eigenvalue weighted by atomic mass is 10.0. The Bertz CT molecular complexity index is 211. The summed E-state index contributed by atoms with van der Waals surface area (Å²) in [7, 11) is 0. The largest absolute Gasteiger partial charge is 0.390 e. The molecule has 0 bridgehead atoms. The van der Waals surface area contributed by atoms with Gasteiger partial charge in [-0.3, -0.25) is 0 Å². The fourth-order valence-electron chi connectivity index (χ4n) is 2.34. The molecule has 3 heteroatoms. The Labute approximate surface area is 85.4 Å². The molecule has 1 saturated heterocycles. The first-order valence-electron chi connectivity index (χ1n) is 5.58. The zero-order chi connectivity index (χ0) is 10.2. The highest BCUT2D eigenvalue weighted by atomic mass is 16.7. The van der Waals surface area contributed by atoms with Crippen molar-refractivity contribution in [2.24, 2.45) is 5.92 Å². The van der Waals surface area contributed by atoms with E-state index in [1.54, 1.807) is 0 Å². The van der Waals surface area contributed by atoms with E-state index in [4.69, 9.17) is 9.47 Å². The van der Waals surface area contributed by atoms with Crippen LogP contribution in [0.4, 0.5) is 0 Å². The molecule has 2 rings (SSSR count). The molecule has 0 unspecified atom stereocenters. The van der Waals surface area contributed by atoms with Crippen LogP contribution in [0.5, 0.6) is 0 Å². The lowest BCUT2D eigenvalue weighted by molar-refractivity contribution is -0.152. The highest BCUT2D eigenvalue weighted by molar-refractivity contribution is 5.02. The molecule has 82 valence electrons. The first-order chi connectivity index (χ1) is 6.58. The molecule has 0 aromatic carbocycles. The number of hydrogen-bond acceptors (Lipinski definition) is 3. The average Bonchev–Trinajstić information content (AvgIpc) is 2.62. The maximum absolute atomic E-state index is 10.1. The highest BCUT2D eigenvalue weighted by Crippen LogP contribution is 2.49. The average molecular weight is 200 g/mol. The van der Waals surface area contributed by atoms with Gasteiger partial charge in [-0.05, 0) is 25.7 Å². The lowest BCUT2D eigenvalue weighted by Gasteiger charge is -2.23. The Balaban J connectivity index is 1.77. The summed E-state index contributed by atoms with van der Waals surface area (Å²) in [6.07, 6.45) is 3.65. The third-order valence-corrected chi connectivity index (χ3v) is 3.60. The summed E-state index contributed by atoms with van der Waals surface area (Å²) in [6.45, 7) is 5.47. The van der Waals surface area contributed by atoms with E-state index >= 15 is 0 Å². The van der Waals surface area contributed by atoms with Crippen molar-refractivity contribution in [3.63, 3.8) is 0 Å². The molecule has 1 saturated carbocycles. The molecule has 0 amide bonds. The smallest absolute Gasteiger partial charge is 0.165 e. The molecule has 1 heterocycles. The molecule has 2 atom stereocenters. The number of rotatable bonds is 4. The third-order valence-electron chi connectivity index (χ3n) is 3.60. The predicted molar refractivity (Wildman–Crippen MR) is 52.9 cm³/mol. The molecule has 1 aliphatic carbocycles. The zero-order valence-electron chi connectivity index (χ0n) is 9.08. The fraction of sp³-hybridized carbons (Fsp3) is 1.00. The molecule has 14 heavy (non-hydrogen) atoms. The van der Waals surface area contributed by atoms with E-state index in [0.717, 1.165) is 25.7 Å². The molecule has 0 aromatic rings. The van der Waals surface area contributed by atoms with E-state index < -0.39 is 11.4 Å². The van der Waals surface area contributed by atoms with Gasteiger partial charge in [-0.25, -0.2) is 0 Å². The SMILES string of the molecule is CC[C@@H]1C[C@]1(O)CCC1(C)OCCO1. The van der Waals surface area contributed by atoms with Crippen molar-refractivity contribution < 1.29 is 14.6 Å². The van der Waals surface area contributed by atoms with E-state index in [1.165, 1.54) is 0 Å². The molecule has 2 fully saturated rings. The van der Waals surface area contributed by atoms with Crippen LogP contribution < -0.4 is 0 Å². The minimum absolute atomic E-state index is 0.410. The quantitative estimate of drug-likeness (QED) is 0.750. The van der Waals surface area contributed by atoms with E-state index in [2.05, 4.69) is 6.92 Å². The van der Waals surface area contributed by atoms with Gasteiger partial charge in [0.15, 0.2) is 5.79 Å². The van der Waals surface area contributed by atoms with Crippen molar-refractivity contribution in [3.8, 4) is 0 Å². The Morgan fingerprint density at radius 3 is 2.43 bits per heavy atom. The van der Waals surface area contributed by atoms with E-state index in [-0.39, 0.29) is 0 Å². The van der Waals surface area contributed by atoms with Gasteiger partial charge in [-0.1, -0.05) is 13.3 Å². The van der Waals surface area contributed by atoms with Gasteiger partial charge in [-0.15, -0.1) is 0 Å². The maximum Gasteiger partial charge on any atom is 0.165 e. The van der Waals surface area contributed by atoms with Crippen LogP contribution in [0.2, 0.25) is 0 Å². The van der Waals surface area contributed by atoms with Gasteiger partial charge in [0, 0.05) is 6.42 Å². The van der Waals surface area contributed by atoms with Crippen LogP contribution in [0.25, 0.3) is 0 Å². The van der Waals surface area contributed by atoms with Crippen LogP contribution in [-0.2, 0) is 9.47 Å². The van der Waals surface area contributed by atoms with Crippen LogP contribution in [0.1, 0.15) is 39.5 Å². The van der Waals surface area contributed by atoms with Crippen molar-refractivity contribution >= 4 is 0 Å². The maximum atomic E-state index is 10.1. The highest BCUT2D eigenvalue weighted by Gasteiger charge is 2.52. The Morgan fingerprint density at radius 2 is 1.93 bits per heavy atom. The molecule has 1 N–H and O–H groups in total. The topological polar surface area (TPSA) is 38.7 Å². The normalized spacial score (nSPS) is 40.1. The van der Waals surface area contributed by atoms with Crippen molar-refractivity contribution in [2.45, 2.75) is 50.9 Å². The first-order valence-corrected chi connectivity index (χ1v) is 5.58. The number of hydrogen-bond donors (Lipinski definition) is 1. The summed E-state index contributed by atoms with van der Waals surface area (Å²) in [6, 6.07) is 0. The van der Waals surface area contributed by atoms with Gasteiger partial charge in [0.25, 0.3) is 0 Å². The summed E-state index contributed by atoms with van der Waals surface area (Å²) in [5.74, 6) is 0.0730. The van der Waals surface area contributed by atoms with Crippen LogP contribution in [-0.4, -0.2) is 29.7 Å². The lowest BCUT2D eigenvalue weighted by Crippen LogP contribution is -2.28. The molecule has 1 aliphatic heterocycles. The number of ether oxygens (including phenoxy) is 2. The summed E-state index contributed by atoms with van der Waals surface area (Å²) < 4.78 is 11.0. The van der Waals surface area contributed by atoms with Crippen molar-refractivity contribution in [3.05, 3.63) is 0 Å². The van der Waals surface area contributed by atoms with Crippen LogP contribution in [0.15, 0.2) is 0 Å². The van der Waals surface area contributed by atoms with Crippen LogP contribution in [0.3, 0.4) is 0 Å². The predicted octanol–water partition coefficient (Wildman–Crippen LogP) is 1.69. The van der Waals surface area contributed by atoms with Crippen molar-refractivity contribution in [1.82, 2.24) is 0 Å². The van der Waals surface area contributed by atoms with Gasteiger partial charge in [0.05, 0.1) is 18.8 Å². The van der Waals surface area contributed by atoms with Crippen LogP contribution >= 0.6 is 0 Å². The van der Waals surface area contributed by atoms with E-state index in [1.807, 2.05) is 6.92 Å².